The van der Waals surface area contributed by atoms with Gasteiger partial charge in [-0.25, -0.2) is 0 Å². The molecule has 1 atom stereocenters. The zero-order chi connectivity index (χ0) is 15.7. The zero-order valence-electron chi connectivity index (χ0n) is 11.4. The van der Waals surface area contributed by atoms with Crippen LogP contribution in [0.2, 0.25) is 15.1 Å². The number of amides is 1. The fourth-order valence-electron chi connectivity index (χ4n) is 2.44. The van der Waals surface area contributed by atoms with Gasteiger partial charge >= 0.3 is 0 Å². The van der Waals surface area contributed by atoms with Gasteiger partial charge in [-0.05, 0) is 18.2 Å². The Bertz CT molecular complexity index is 722. The molecule has 0 radical (unpaired) electrons. The van der Waals surface area contributed by atoms with Crippen molar-refractivity contribution >= 4 is 52.5 Å². The second kappa shape index (κ2) is 6.71. The fourth-order valence-corrected chi connectivity index (χ4v) is 4.41. The molecule has 1 saturated heterocycles. The molecule has 0 saturated carbocycles. The van der Waals surface area contributed by atoms with Gasteiger partial charge in [-0.2, -0.15) is 0 Å². The highest BCUT2D eigenvalue weighted by Crippen LogP contribution is 2.43. The highest BCUT2D eigenvalue weighted by atomic mass is 35.5. The van der Waals surface area contributed by atoms with Crippen molar-refractivity contribution in [3.05, 3.63) is 68.7 Å². The predicted octanol–water partition coefficient (Wildman–Crippen LogP) is 5.53. The Hall–Kier alpha value is -0.870. The fraction of sp³-hybridized carbons (Fsp3) is 0.188. The van der Waals surface area contributed by atoms with E-state index in [1.54, 1.807) is 34.9 Å². The Kier molecular flexibility index (Phi) is 4.88. The molecule has 22 heavy (non-hydrogen) atoms. The molecular weight excluding hydrogens is 361 g/mol. The third-order valence-corrected chi connectivity index (χ3v) is 5.91. The van der Waals surface area contributed by atoms with Crippen LogP contribution in [-0.2, 0) is 0 Å². The third-order valence-electron chi connectivity index (χ3n) is 3.50. The molecule has 2 nitrogen and oxygen atoms in total. The van der Waals surface area contributed by atoms with Crippen LogP contribution in [0.1, 0.15) is 21.3 Å². The Morgan fingerprint density at radius 2 is 1.77 bits per heavy atom. The van der Waals surface area contributed by atoms with E-state index in [0.29, 0.717) is 27.2 Å². The lowest BCUT2D eigenvalue weighted by molar-refractivity contribution is 0.0760. The van der Waals surface area contributed by atoms with Gasteiger partial charge < -0.3 is 4.90 Å². The highest BCUT2D eigenvalue weighted by molar-refractivity contribution is 7.99. The summed E-state index contributed by atoms with van der Waals surface area (Å²) in [5.41, 5.74) is 1.37. The lowest BCUT2D eigenvalue weighted by atomic mass is 10.1. The Labute approximate surface area is 148 Å². The van der Waals surface area contributed by atoms with Gasteiger partial charge in [0, 0.05) is 17.9 Å². The number of hydrogen-bond acceptors (Lipinski definition) is 2. The molecule has 1 fully saturated rings. The molecular formula is C16H12Cl3NOS. The molecule has 3 rings (SSSR count). The van der Waals surface area contributed by atoms with E-state index in [9.17, 15) is 4.79 Å². The maximum absolute atomic E-state index is 12.8. The normalized spacial score (nSPS) is 17.8. The van der Waals surface area contributed by atoms with Crippen molar-refractivity contribution in [2.45, 2.75) is 5.37 Å². The van der Waals surface area contributed by atoms with Crippen molar-refractivity contribution in [3.63, 3.8) is 0 Å². The van der Waals surface area contributed by atoms with Crippen molar-refractivity contribution < 1.29 is 4.79 Å². The molecule has 1 aliphatic rings. The number of benzene rings is 2. The summed E-state index contributed by atoms with van der Waals surface area (Å²) in [6.45, 7) is 0.655. The van der Waals surface area contributed by atoms with Crippen molar-refractivity contribution in [2.24, 2.45) is 0 Å². The van der Waals surface area contributed by atoms with Crippen LogP contribution in [0.25, 0.3) is 0 Å². The van der Waals surface area contributed by atoms with Crippen LogP contribution in [0, 0.1) is 0 Å². The minimum absolute atomic E-state index is 0.0864. The standard InChI is InChI=1S/C16H12Cl3NOS/c17-12-6-2-1-4-10(12)15(21)20-8-9-22-16(20)11-5-3-7-13(18)14(11)19/h1-7,16H,8-9H2/t16-/m1/s1. The maximum Gasteiger partial charge on any atom is 0.256 e. The summed E-state index contributed by atoms with van der Waals surface area (Å²) < 4.78 is 0. The summed E-state index contributed by atoms with van der Waals surface area (Å²) in [4.78, 5) is 14.6. The average Bonchev–Trinajstić information content (AvgIpc) is 2.99. The van der Waals surface area contributed by atoms with Crippen molar-refractivity contribution in [2.75, 3.05) is 12.3 Å². The summed E-state index contributed by atoms with van der Waals surface area (Å²) in [6.07, 6.45) is 0. The molecule has 114 valence electrons. The van der Waals surface area contributed by atoms with Gasteiger partial charge in [-0.1, -0.05) is 59.1 Å². The summed E-state index contributed by atoms with van der Waals surface area (Å²) >= 11 is 20.2. The molecule has 0 bridgehead atoms. The number of carbonyl (C=O) groups excluding carboxylic acids is 1. The van der Waals surface area contributed by atoms with Gasteiger partial charge in [-0.3, -0.25) is 4.79 Å². The first-order valence-corrected chi connectivity index (χ1v) is 8.89. The minimum atomic E-state index is -0.144. The largest absolute Gasteiger partial charge is 0.322 e. The smallest absolute Gasteiger partial charge is 0.256 e. The summed E-state index contributed by atoms with van der Waals surface area (Å²) in [5, 5.41) is 1.31. The molecule has 0 spiro atoms. The Balaban J connectivity index is 1.95. The Morgan fingerprint density at radius 1 is 1.05 bits per heavy atom. The van der Waals surface area contributed by atoms with Crippen molar-refractivity contribution in [1.29, 1.82) is 0 Å². The molecule has 1 heterocycles. The molecule has 0 N–H and O–H groups in total. The molecule has 0 unspecified atom stereocenters. The SMILES string of the molecule is O=C(c1ccccc1Cl)N1CCS[C@@H]1c1cccc(Cl)c1Cl. The molecule has 1 aliphatic heterocycles. The van der Waals surface area contributed by atoms with E-state index in [1.807, 2.05) is 24.3 Å². The van der Waals surface area contributed by atoms with E-state index in [1.165, 1.54) is 0 Å². The second-order valence-corrected chi connectivity index (χ2v) is 7.23. The zero-order valence-corrected chi connectivity index (χ0v) is 14.5. The van der Waals surface area contributed by atoms with Gasteiger partial charge in [-0.15, -0.1) is 11.8 Å². The molecule has 0 aromatic heterocycles. The van der Waals surface area contributed by atoms with Crippen LogP contribution in [0.3, 0.4) is 0 Å². The van der Waals surface area contributed by atoms with Crippen molar-refractivity contribution in [1.82, 2.24) is 4.90 Å². The third kappa shape index (κ3) is 2.95. The van der Waals surface area contributed by atoms with Gasteiger partial charge in [0.05, 0.1) is 20.6 Å². The van der Waals surface area contributed by atoms with E-state index in [2.05, 4.69) is 0 Å². The second-order valence-electron chi connectivity index (χ2n) is 4.84. The van der Waals surface area contributed by atoms with Crippen LogP contribution in [0.15, 0.2) is 42.5 Å². The molecule has 6 heteroatoms. The first kappa shape index (κ1) is 16.0. The number of carbonyl (C=O) groups is 1. The Morgan fingerprint density at radius 3 is 2.55 bits per heavy atom. The summed E-state index contributed by atoms with van der Waals surface area (Å²) in [5.74, 6) is 0.764. The van der Waals surface area contributed by atoms with E-state index in [-0.39, 0.29) is 11.3 Å². The molecule has 2 aromatic carbocycles. The van der Waals surface area contributed by atoms with Gasteiger partial charge in [0.2, 0.25) is 0 Å². The molecule has 2 aromatic rings. The lowest BCUT2D eigenvalue weighted by Gasteiger charge is -2.25. The van der Waals surface area contributed by atoms with Crippen LogP contribution in [0.5, 0.6) is 0 Å². The van der Waals surface area contributed by atoms with Crippen LogP contribution < -0.4 is 0 Å². The summed E-state index contributed by atoms with van der Waals surface area (Å²) in [7, 11) is 0. The number of hydrogen-bond donors (Lipinski definition) is 0. The number of nitrogens with zero attached hydrogens (tertiary/aromatic N) is 1. The molecule has 1 amide bonds. The van der Waals surface area contributed by atoms with Gasteiger partial charge in [0.1, 0.15) is 5.37 Å². The van der Waals surface area contributed by atoms with Crippen LogP contribution in [-0.4, -0.2) is 23.1 Å². The quantitative estimate of drug-likeness (QED) is 0.690. The highest BCUT2D eigenvalue weighted by Gasteiger charge is 2.33. The van der Waals surface area contributed by atoms with Gasteiger partial charge in [0.25, 0.3) is 5.91 Å². The van der Waals surface area contributed by atoms with Crippen molar-refractivity contribution in [3.8, 4) is 0 Å². The number of thioether (sulfide) groups is 1. The van der Waals surface area contributed by atoms with E-state index >= 15 is 0 Å². The van der Waals surface area contributed by atoms with Crippen LogP contribution >= 0.6 is 46.6 Å². The summed E-state index contributed by atoms with van der Waals surface area (Å²) in [6, 6.07) is 12.6. The van der Waals surface area contributed by atoms with E-state index in [0.717, 1.165) is 11.3 Å². The lowest BCUT2D eigenvalue weighted by Crippen LogP contribution is -2.30. The topological polar surface area (TPSA) is 20.3 Å². The van der Waals surface area contributed by atoms with E-state index in [4.69, 9.17) is 34.8 Å². The first-order valence-electron chi connectivity index (χ1n) is 6.70. The number of rotatable bonds is 2. The first-order chi connectivity index (χ1) is 10.6. The van der Waals surface area contributed by atoms with Crippen LogP contribution in [0.4, 0.5) is 0 Å². The predicted molar refractivity (Wildman–Crippen MR) is 94.1 cm³/mol. The maximum atomic E-state index is 12.8. The molecule has 0 aliphatic carbocycles. The van der Waals surface area contributed by atoms with Gasteiger partial charge in [0.15, 0.2) is 0 Å². The average molecular weight is 373 g/mol. The minimum Gasteiger partial charge on any atom is -0.322 e. The monoisotopic (exact) mass is 371 g/mol. The number of halogens is 3. The van der Waals surface area contributed by atoms with E-state index < -0.39 is 0 Å².